The molecule has 1 saturated heterocycles. The van der Waals surface area contributed by atoms with Gasteiger partial charge in [-0.15, -0.1) is 0 Å². The molecule has 1 aliphatic heterocycles. The Kier molecular flexibility index (Phi) is 3.26. The van der Waals surface area contributed by atoms with Crippen molar-refractivity contribution in [3.8, 4) is 0 Å². The van der Waals surface area contributed by atoms with Gasteiger partial charge in [0.25, 0.3) is 0 Å². The van der Waals surface area contributed by atoms with Gasteiger partial charge in [-0.3, -0.25) is 4.79 Å². The van der Waals surface area contributed by atoms with E-state index in [2.05, 4.69) is 12.2 Å². The van der Waals surface area contributed by atoms with E-state index >= 15 is 0 Å². The van der Waals surface area contributed by atoms with E-state index in [9.17, 15) is 4.79 Å². The predicted octanol–water partition coefficient (Wildman–Crippen LogP) is -0.0323. The summed E-state index contributed by atoms with van der Waals surface area (Å²) < 4.78 is 0. The van der Waals surface area contributed by atoms with Crippen LogP contribution in [-0.4, -0.2) is 47.7 Å². The second-order valence-corrected chi connectivity index (χ2v) is 4.62. The molecule has 4 heteroatoms. The number of carbonyl (C=O) groups excluding carboxylic acids is 1. The van der Waals surface area contributed by atoms with E-state index in [0.29, 0.717) is 12.6 Å². The number of rotatable bonds is 4. The van der Waals surface area contributed by atoms with Crippen LogP contribution < -0.4 is 5.32 Å². The van der Waals surface area contributed by atoms with E-state index in [4.69, 9.17) is 5.11 Å². The molecule has 2 atom stereocenters. The van der Waals surface area contributed by atoms with E-state index in [1.54, 1.807) is 0 Å². The summed E-state index contributed by atoms with van der Waals surface area (Å²) in [6.45, 7) is 3.60. The number of aliphatic hydroxyl groups is 1. The molecule has 2 N–H and O–H groups in total. The molecule has 1 amide bonds. The zero-order valence-corrected chi connectivity index (χ0v) is 9.28. The number of amides is 1. The fourth-order valence-electron chi connectivity index (χ4n) is 2.38. The second kappa shape index (κ2) is 4.49. The SMILES string of the molecule is CC1NCCC1C(=O)N(CCO)C1CC1. The van der Waals surface area contributed by atoms with Crippen LogP contribution in [-0.2, 0) is 4.79 Å². The van der Waals surface area contributed by atoms with E-state index < -0.39 is 0 Å². The predicted molar refractivity (Wildman–Crippen MR) is 57.4 cm³/mol. The van der Waals surface area contributed by atoms with E-state index in [-0.39, 0.29) is 24.5 Å². The number of nitrogens with zero attached hydrogens (tertiary/aromatic N) is 1. The zero-order valence-electron chi connectivity index (χ0n) is 9.28. The summed E-state index contributed by atoms with van der Waals surface area (Å²) in [6.07, 6.45) is 3.16. The van der Waals surface area contributed by atoms with Gasteiger partial charge in [0.2, 0.25) is 5.91 Å². The lowest BCUT2D eigenvalue weighted by atomic mass is 10.0. The summed E-state index contributed by atoms with van der Waals surface area (Å²) in [4.78, 5) is 14.1. The zero-order chi connectivity index (χ0) is 10.8. The van der Waals surface area contributed by atoms with Crippen molar-refractivity contribution in [2.45, 2.75) is 38.3 Å². The van der Waals surface area contributed by atoms with Crippen LogP contribution in [0.5, 0.6) is 0 Å². The highest BCUT2D eigenvalue weighted by atomic mass is 16.3. The maximum atomic E-state index is 12.2. The minimum atomic E-state index is 0.0801. The molecule has 2 fully saturated rings. The third kappa shape index (κ3) is 2.32. The molecule has 4 nitrogen and oxygen atoms in total. The van der Waals surface area contributed by atoms with Crippen molar-refractivity contribution in [2.24, 2.45) is 5.92 Å². The molecule has 0 bridgehead atoms. The van der Waals surface area contributed by atoms with Crippen LogP contribution in [0.1, 0.15) is 26.2 Å². The number of aliphatic hydroxyl groups excluding tert-OH is 1. The van der Waals surface area contributed by atoms with Gasteiger partial charge in [-0.2, -0.15) is 0 Å². The Bertz CT molecular complexity index is 241. The first-order valence-electron chi connectivity index (χ1n) is 5.88. The van der Waals surface area contributed by atoms with Crippen LogP contribution in [0.15, 0.2) is 0 Å². The minimum absolute atomic E-state index is 0.0801. The largest absolute Gasteiger partial charge is 0.395 e. The van der Waals surface area contributed by atoms with Gasteiger partial charge in [0.05, 0.1) is 12.5 Å². The van der Waals surface area contributed by atoms with Crippen molar-refractivity contribution in [3.63, 3.8) is 0 Å². The molecule has 0 aromatic carbocycles. The molecule has 1 aliphatic carbocycles. The summed E-state index contributed by atoms with van der Waals surface area (Å²) in [6, 6.07) is 0.704. The van der Waals surface area contributed by atoms with Gasteiger partial charge in [-0.25, -0.2) is 0 Å². The van der Waals surface area contributed by atoms with Crippen molar-refractivity contribution >= 4 is 5.91 Å². The number of nitrogens with one attached hydrogen (secondary N) is 1. The molecule has 0 spiro atoms. The van der Waals surface area contributed by atoms with E-state index in [0.717, 1.165) is 25.8 Å². The van der Waals surface area contributed by atoms with E-state index in [1.165, 1.54) is 0 Å². The molecule has 0 aromatic rings. The summed E-state index contributed by atoms with van der Waals surface area (Å²) in [5.74, 6) is 0.362. The lowest BCUT2D eigenvalue weighted by molar-refractivity contribution is -0.136. The topological polar surface area (TPSA) is 52.6 Å². The van der Waals surface area contributed by atoms with Crippen molar-refractivity contribution < 1.29 is 9.90 Å². The van der Waals surface area contributed by atoms with Crippen LogP contribution in [0.3, 0.4) is 0 Å². The summed E-state index contributed by atoms with van der Waals surface area (Å²) in [5.41, 5.74) is 0. The third-order valence-electron chi connectivity index (χ3n) is 3.45. The Labute approximate surface area is 90.6 Å². The van der Waals surface area contributed by atoms with Crippen LogP contribution in [0.25, 0.3) is 0 Å². The first-order valence-corrected chi connectivity index (χ1v) is 5.88. The molecular formula is C11H20N2O2. The molecule has 1 heterocycles. The van der Waals surface area contributed by atoms with Crippen LogP contribution in [0.4, 0.5) is 0 Å². The average Bonchev–Trinajstić information content (AvgIpc) is 2.97. The average molecular weight is 212 g/mol. The van der Waals surface area contributed by atoms with Crippen LogP contribution in [0.2, 0.25) is 0 Å². The molecule has 0 aromatic heterocycles. The Morgan fingerprint density at radius 1 is 1.47 bits per heavy atom. The van der Waals surface area contributed by atoms with Crippen molar-refractivity contribution in [2.75, 3.05) is 19.7 Å². The van der Waals surface area contributed by atoms with Gasteiger partial charge in [-0.1, -0.05) is 0 Å². The Morgan fingerprint density at radius 2 is 2.20 bits per heavy atom. The third-order valence-corrected chi connectivity index (χ3v) is 3.45. The molecule has 15 heavy (non-hydrogen) atoms. The standard InChI is InChI=1S/C11H20N2O2/c1-8-10(4-5-12-8)11(15)13(6-7-14)9-2-3-9/h8-10,12,14H,2-7H2,1H3. The lowest BCUT2D eigenvalue weighted by Crippen LogP contribution is -2.42. The first kappa shape index (κ1) is 10.9. The molecular weight excluding hydrogens is 192 g/mol. The van der Waals surface area contributed by atoms with Gasteiger partial charge in [0.1, 0.15) is 0 Å². The maximum Gasteiger partial charge on any atom is 0.227 e. The highest BCUT2D eigenvalue weighted by Crippen LogP contribution is 2.29. The highest BCUT2D eigenvalue weighted by Gasteiger charge is 2.38. The Balaban J connectivity index is 1.96. The smallest absolute Gasteiger partial charge is 0.227 e. The molecule has 2 rings (SSSR count). The molecule has 86 valence electrons. The van der Waals surface area contributed by atoms with Gasteiger partial charge in [-0.05, 0) is 32.7 Å². The second-order valence-electron chi connectivity index (χ2n) is 4.62. The van der Waals surface area contributed by atoms with Crippen LogP contribution >= 0.6 is 0 Å². The van der Waals surface area contributed by atoms with Gasteiger partial charge >= 0.3 is 0 Å². The molecule has 2 unspecified atom stereocenters. The van der Waals surface area contributed by atoms with Crippen molar-refractivity contribution in [1.29, 1.82) is 0 Å². The monoisotopic (exact) mass is 212 g/mol. The Morgan fingerprint density at radius 3 is 2.67 bits per heavy atom. The fraction of sp³-hybridized carbons (Fsp3) is 0.909. The minimum Gasteiger partial charge on any atom is -0.395 e. The summed E-state index contributed by atoms with van der Waals surface area (Å²) in [7, 11) is 0. The van der Waals surface area contributed by atoms with E-state index in [1.807, 2.05) is 4.90 Å². The number of carbonyl (C=O) groups is 1. The van der Waals surface area contributed by atoms with Crippen molar-refractivity contribution in [1.82, 2.24) is 10.2 Å². The van der Waals surface area contributed by atoms with Crippen LogP contribution in [0, 0.1) is 5.92 Å². The lowest BCUT2D eigenvalue weighted by Gasteiger charge is -2.26. The molecule has 1 saturated carbocycles. The van der Waals surface area contributed by atoms with Gasteiger partial charge in [0, 0.05) is 18.6 Å². The van der Waals surface area contributed by atoms with Gasteiger partial charge in [0.15, 0.2) is 0 Å². The van der Waals surface area contributed by atoms with Gasteiger partial charge < -0.3 is 15.3 Å². The number of hydrogen-bond donors (Lipinski definition) is 2. The summed E-state index contributed by atoms with van der Waals surface area (Å²) in [5, 5.41) is 12.3. The molecule has 0 radical (unpaired) electrons. The maximum absolute atomic E-state index is 12.2. The quantitative estimate of drug-likeness (QED) is 0.688. The summed E-state index contributed by atoms with van der Waals surface area (Å²) >= 11 is 0. The Hall–Kier alpha value is -0.610. The first-order chi connectivity index (χ1) is 7.24. The number of hydrogen-bond acceptors (Lipinski definition) is 3. The molecule has 2 aliphatic rings. The normalized spacial score (nSPS) is 30.5. The highest BCUT2D eigenvalue weighted by molar-refractivity contribution is 5.80. The van der Waals surface area contributed by atoms with Crippen molar-refractivity contribution in [3.05, 3.63) is 0 Å². The fourth-order valence-corrected chi connectivity index (χ4v) is 2.38.